The molecule has 1 aliphatic heterocycles. The van der Waals surface area contributed by atoms with Gasteiger partial charge < -0.3 is 14.8 Å². The van der Waals surface area contributed by atoms with Gasteiger partial charge in [0.15, 0.2) is 5.78 Å². The molecule has 0 spiro atoms. The Morgan fingerprint density at radius 1 is 1.27 bits per heavy atom. The predicted octanol–water partition coefficient (Wildman–Crippen LogP) is 5.00. The van der Waals surface area contributed by atoms with E-state index >= 15 is 0 Å². The van der Waals surface area contributed by atoms with E-state index in [-0.39, 0.29) is 18.0 Å². The summed E-state index contributed by atoms with van der Waals surface area (Å²) in [6.07, 6.45) is 9.02. The molecular formula is C29H33FN4O3. The van der Waals surface area contributed by atoms with Gasteiger partial charge in [-0.25, -0.2) is 14.4 Å². The number of methoxy groups -OCH3 is 1. The summed E-state index contributed by atoms with van der Waals surface area (Å²) < 4.78 is 25.1. The number of fused-ring (bicyclic) bond motifs is 2. The van der Waals surface area contributed by atoms with Crippen LogP contribution in [0.1, 0.15) is 30.4 Å². The smallest absolute Gasteiger partial charge is 0.159 e. The van der Waals surface area contributed by atoms with Gasteiger partial charge in [0.1, 0.15) is 23.7 Å². The van der Waals surface area contributed by atoms with Crippen LogP contribution < -0.4 is 10.1 Å². The molecule has 1 saturated heterocycles. The monoisotopic (exact) mass is 504 g/mol. The van der Waals surface area contributed by atoms with Crippen molar-refractivity contribution in [3.8, 4) is 5.75 Å². The van der Waals surface area contributed by atoms with E-state index in [0.29, 0.717) is 34.6 Å². The molecule has 5 rings (SSSR count). The van der Waals surface area contributed by atoms with Crippen LogP contribution >= 0.6 is 0 Å². The second-order valence-corrected chi connectivity index (χ2v) is 9.87. The minimum Gasteiger partial charge on any atom is -0.496 e. The third-order valence-electron chi connectivity index (χ3n) is 7.41. The highest BCUT2D eigenvalue weighted by molar-refractivity contribution is 5.96. The second-order valence-electron chi connectivity index (χ2n) is 9.87. The summed E-state index contributed by atoms with van der Waals surface area (Å²) in [7, 11) is 1.59. The molecule has 0 radical (unpaired) electrons. The lowest BCUT2D eigenvalue weighted by Gasteiger charge is -2.28. The number of nitrogens with zero attached hydrogens (tertiary/aromatic N) is 3. The van der Waals surface area contributed by atoms with Crippen molar-refractivity contribution in [2.75, 3.05) is 38.7 Å². The lowest BCUT2D eigenvalue weighted by Crippen LogP contribution is -2.38. The Morgan fingerprint density at radius 3 is 3.00 bits per heavy atom. The molecule has 194 valence electrons. The quantitative estimate of drug-likeness (QED) is 0.433. The molecule has 0 amide bonds. The molecular weight excluding hydrogens is 471 g/mol. The van der Waals surface area contributed by atoms with Crippen LogP contribution in [0.15, 0.2) is 48.8 Å². The number of aryl methyl sites for hydroxylation is 1. The highest BCUT2D eigenvalue weighted by atomic mass is 19.1. The summed E-state index contributed by atoms with van der Waals surface area (Å²) >= 11 is 0. The third kappa shape index (κ3) is 5.81. The van der Waals surface area contributed by atoms with E-state index in [2.05, 4.69) is 20.2 Å². The van der Waals surface area contributed by atoms with Gasteiger partial charge in [-0.1, -0.05) is 12.5 Å². The van der Waals surface area contributed by atoms with Crippen molar-refractivity contribution in [1.29, 1.82) is 0 Å². The number of anilines is 2. The van der Waals surface area contributed by atoms with Crippen molar-refractivity contribution in [3.63, 3.8) is 0 Å². The number of nitrogens with one attached hydrogen (secondary N) is 1. The number of benzene rings is 2. The molecule has 2 aromatic carbocycles. The molecule has 8 heteroatoms. The second kappa shape index (κ2) is 11.4. The van der Waals surface area contributed by atoms with Crippen LogP contribution in [0, 0.1) is 18.7 Å². The molecule has 7 nitrogen and oxygen atoms in total. The maximum atomic E-state index is 13.7. The van der Waals surface area contributed by atoms with Crippen molar-refractivity contribution < 1.29 is 18.7 Å². The van der Waals surface area contributed by atoms with Crippen molar-refractivity contribution in [1.82, 2.24) is 14.9 Å². The molecule has 3 aromatic rings. The van der Waals surface area contributed by atoms with Crippen LogP contribution in [-0.4, -0.2) is 60.1 Å². The standard InChI is InChI=1S/C29H33FN4O3/c1-19-13-22(8-9-25(19)30)33-29-24-15-21(28(36-2)16-26(24)31-18-32-29)14-23(35)6-4-10-34-11-12-37-17-20-5-3-7-27(20)34/h4,6,8-9,13,15-16,18,20,27H,3,5,7,10-12,14,17H2,1-2H3,(H,31,32,33)/b6-4+. The maximum absolute atomic E-state index is 13.7. The van der Waals surface area contributed by atoms with Crippen LogP contribution in [0.4, 0.5) is 15.9 Å². The molecule has 1 aliphatic carbocycles. The first-order valence-corrected chi connectivity index (χ1v) is 12.9. The van der Waals surface area contributed by atoms with Crippen molar-refractivity contribution in [2.24, 2.45) is 5.92 Å². The van der Waals surface area contributed by atoms with E-state index in [4.69, 9.17) is 9.47 Å². The molecule has 2 fully saturated rings. The van der Waals surface area contributed by atoms with Gasteiger partial charge in [0.05, 0.1) is 25.8 Å². The lowest BCUT2D eigenvalue weighted by atomic mass is 10.0. The van der Waals surface area contributed by atoms with Crippen LogP contribution in [-0.2, 0) is 16.0 Å². The van der Waals surface area contributed by atoms with Crippen LogP contribution in [0.2, 0.25) is 0 Å². The first-order valence-electron chi connectivity index (χ1n) is 12.9. The Bertz CT molecular complexity index is 1310. The maximum Gasteiger partial charge on any atom is 0.159 e. The van der Waals surface area contributed by atoms with Gasteiger partial charge in [0, 0.05) is 48.3 Å². The van der Waals surface area contributed by atoms with E-state index in [1.165, 1.54) is 31.7 Å². The fraction of sp³-hybridized carbons (Fsp3) is 0.414. The minimum atomic E-state index is -0.260. The van der Waals surface area contributed by atoms with Gasteiger partial charge in [-0.15, -0.1) is 0 Å². The summed E-state index contributed by atoms with van der Waals surface area (Å²) in [5.74, 6) is 1.54. The zero-order chi connectivity index (χ0) is 25.8. The van der Waals surface area contributed by atoms with Gasteiger partial charge in [0.25, 0.3) is 0 Å². The number of carbonyl (C=O) groups excluding carboxylic acids is 1. The van der Waals surface area contributed by atoms with Gasteiger partial charge in [-0.05, 0) is 61.6 Å². The molecule has 2 aliphatic rings. The van der Waals surface area contributed by atoms with Gasteiger partial charge in [-0.3, -0.25) is 9.69 Å². The van der Waals surface area contributed by atoms with Crippen LogP contribution in [0.3, 0.4) is 0 Å². The zero-order valence-corrected chi connectivity index (χ0v) is 21.4. The molecule has 1 saturated carbocycles. The van der Waals surface area contributed by atoms with E-state index in [1.54, 1.807) is 32.2 Å². The lowest BCUT2D eigenvalue weighted by molar-refractivity contribution is -0.114. The van der Waals surface area contributed by atoms with Gasteiger partial charge in [0.2, 0.25) is 0 Å². The number of ketones is 1. The number of rotatable bonds is 8. The van der Waals surface area contributed by atoms with E-state index in [1.807, 2.05) is 18.2 Å². The highest BCUT2D eigenvalue weighted by Crippen LogP contribution is 2.32. The Hall–Kier alpha value is -3.36. The number of halogens is 1. The number of hydrogen-bond donors (Lipinski definition) is 1. The topological polar surface area (TPSA) is 76.6 Å². The molecule has 37 heavy (non-hydrogen) atoms. The van der Waals surface area contributed by atoms with Crippen LogP contribution in [0.5, 0.6) is 5.75 Å². The minimum absolute atomic E-state index is 0.00668. The Kier molecular flexibility index (Phi) is 7.76. The average molecular weight is 505 g/mol. The molecule has 2 atom stereocenters. The van der Waals surface area contributed by atoms with Crippen molar-refractivity contribution >= 4 is 28.2 Å². The Morgan fingerprint density at radius 2 is 2.16 bits per heavy atom. The summed E-state index contributed by atoms with van der Waals surface area (Å²) in [5.41, 5.74) is 2.71. The fourth-order valence-corrected chi connectivity index (χ4v) is 5.48. The van der Waals surface area contributed by atoms with Gasteiger partial charge in [-0.2, -0.15) is 0 Å². The Balaban J connectivity index is 1.32. The number of hydrogen-bond acceptors (Lipinski definition) is 7. The van der Waals surface area contributed by atoms with Gasteiger partial charge >= 0.3 is 0 Å². The van der Waals surface area contributed by atoms with Crippen LogP contribution in [0.25, 0.3) is 10.9 Å². The predicted molar refractivity (Wildman–Crippen MR) is 142 cm³/mol. The summed E-state index contributed by atoms with van der Waals surface area (Å²) in [6, 6.07) is 9.09. The SMILES string of the molecule is COc1cc2ncnc(Nc3ccc(F)c(C)c3)c2cc1CC(=O)/C=C/CN1CCOCC2CCCC21. The molecule has 0 bridgehead atoms. The summed E-state index contributed by atoms with van der Waals surface area (Å²) in [5, 5.41) is 4.01. The highest BCUT2D eigenvalue weighted by Gasteiger charge is 2.33. The molecule has 1 N–H and O–H groups in total. The number of carbonyl (C=O) groups is 1. The van der Waals surface area contributed by atoms with E-state index in [9.17, 15) is 9.18 Å². The van der Waals surface area contributed by atoms with E-state index in [0.717, 1.165) is 42.9 Å². The molecule has 2 heterocycles. The average Bonchev–Trinajstić information content (AvgIpc) is 3.27. The largest absolute Gasteiger partial charge is 0.496 e. The number of aromatic nitrogens is 2. The summed E-state index contributed by atoms with van der Waals surface area (Å²) in [6.45, 7) is 4.98. The Labute approximate surface area is 216 Å². The number of ether oxygens (including phenoxy) is 2. The normalized spacial score (nSPS) is 20.2. The van der Waals surface area contributed by atoms with Crippen molar-refractivity contribution in [3.05, 3.63) is 65.8 Å². The first-order chi connectivity index (χ1) is 18.0. The third-order valence-corrected chi connectivity index (χ3v) is 7.41. The fourth-order valence-electron chi connectivity index (χ4n) is 5.48. The first kappa shape index (κ1) is 25.3. The summed E-state index contributed by atoms with van der Waals surface area (Å²) in [4.78, 5) is 24.2. The molecule has 1 aromatic heterocycles. The molecule has 2 unspecified atom stereocenters. The van der Waals surface area contributed by atoms with Crippen molar-refractivity contribution in [2.45, 2.75) is 38.6 Å². The van der Waals surface area contributed by atoms with E-state index < -0.39 is 0 Å². The zero-order valence-electron chi connectivity index (χ0n) is 21.4. The number of allylic oxidation sites excluding steroid dienone is 1.